The Hall–Kier alpha value is -3.23. The van der Waals surface area contributed by atoms with Crippen molar-refractivity contribution in [1.82, 2.24) is 0 Å². The van der Waals surface area contributed by atoms with Crippen molar-refractivity contribution in [3.8, 4) is 5.75 Å². The number of aliphatic imine (C=N–C) groups is 2. The molecule has 0 aromatic heterocycles. The highest BCUT2D eigenvalue weighted by atomic mass is 19.4. The number of amidine groups is 1. The zero-order valence-electron chi connectivity index (χ0n) is 14.6. The molecule has 2 aromatic carbocycles. The smallest absolute Gasteiger partial charge is 0.439 e. The molecule has 2 aromatic rings. The van der Waals surface area contributed by atoms with E-state index in [4.69, 9.17) is 10.6 Å². The lowest BCUT2D eigenvalue weighted by atomic mass is 10.1. The third kappa shape index (κ3) is 3.23. The Labute approximate surface area is 159 Å². The molecule has 1 atom stereocenters. The Morgan fingerprint density at radius 1 is 1.04 bits per heavy atom. The minimum Gasteiger partial charge on any atom is -0.489 e. The summed E-state index contributed by atoms with van der Waals surface area (Å²) in [5, 5.41) is 0. The molecule has 4 rings (SSSR count). The van der Waals surface area contributed by atoms with Crippen LogP contribution in [0.25, 0.3) is 0 Å². The fraction of sp³-hybridized carbons (Fsp3) is 0.100. The van der Waals surface area contributed by atoms with Crippen molar-refractivity contribution in [3.05, 3.63) is 89.5 Å². The number of nitrogens with two attached hydrogens (primary N) is 1. The minimum atomic E-state index is -4.64. The summed E-state index contributed by atoms with van der Waals surface area (Å²) in [6, 6.07) is 16.3. The van der Waals surface area contributed by atoms with E-state index in [1.807, 2.05) is 30.3 Å². The summed E-state index contributed by atoms with van der Waals surface area (Å²) in [5.74, 6) is 6.83. The molecule has 0 spiro atoms. The van der Waals surface area contributed by atoms with Gasteiger partial charge in [0.25, 0.3) is 5.84 Å². The van der Waals surface area contributed by atoms with Crippen LogP contribution < -0.4 is 10.6 Å². The SMILES string of the molecule is N[N+]12C=CN=CC1=C(C(F)(F)F)N=C2c1cccc(OCc2ccccc2)c1. The molecule has 5 nitrogen and oxygen atoms in total. The van der Waals surface area contributed by atoms with Crippen LogP contribution in [-0.2, 0) is 6.61 Å². The first-order valence-electron chi connectivity index (χ1n) is 8.44. The summed E-state index contributed by atoms with van der Waals surface area (Å²) in [6.45, 7) is 0.337. The number of rotatable bonds is 4. The van der Waals surface area contributed by atoms with Crippen molar-refractivity contribution in [1.29, 1.82) is 0 Å². The summed E-state index contributed by atoms with van der Waals surface area (Å²) in [6.07, 6.45) is -0.827. The first-order valence-corrected chi connectivity index (χ1v) is 8.44. The largest absolute Gasteiger partial charge is 0.489 e. The van der Waals surface area contributed by atoms with Gasteiger partial charge >= 0.3 is 6.18 Å². The fourth-order valence-corrected chi connectivity index (χ4v) is 3.05. The van der Waals surface area contributed by atoms with Crippen LogP contribution in [0.5, 0.6) is 5.75 Å². The molecule has 0 amide bonds. The van der Waals surface area contributed by atoms with Gasteiger partial charge in [-0.3, -0.25) is 4.99 Å². The molecule has 0 radical (unpaired) electrons. The Morgan fingerprint density at radius 3 is 2.57 bits per heavy atom. The van der Waals surface area contributed by atoms with Crippen molar-refractivity contribution in [2.24, 2.45) is 15.8 Å². The van der Waals surface area contributed by atoms with E-state index >= 15 is 0 Å². The van der Waals surface area contributed by atoms with Crippen LogP contribution >= 0.6 is 0 Å². The number of allylic oxidation sites excluding steroid dienone is 2. The third-order valence-electron chi connectivity index (χ3n) is 4.40. The quantitative estimate of drug-likeness (QED) is 0.638. The van der Waals surface area contributed by atoms with Crippen LogP contribution in [-0.4, -0.2) is 22.8 Å². The number of benzene rings is 2. The van der Waals surface area contributed by atoms with Crippen molar-refractivity contribution in [2.75, 3.05) is 0 Å². The van der Waals surface area contributed by atoms with E-state index in [0.29, 0.717) is 17.9 Å². The van der Waals surface area contributed by atoms with E-state index in [-0.39, 0.29) is 11.5 Å². The van der Waals surface area contributed by atoms with Gasteiger partial charge < -0.3 is 4.74 Å². The molecule has 2 aliphatic heterocycles. The van der Waals surface area contributed by atoms with Gasteiger partial charge in [-0.15, -0.1) is 4.59 Å². The average molecular weight is 385 g/mol. The Morgan fingerprint density at radius 2 is 1.82 bits per heavy atom. The summed E-state index contributed by atoms with van der Waals surface area (Å²) < 4.78 is 45.4. The lowest BCUT2D eigenvalue weighted by molar-refractivity contribution is -0.750. The maximum absolute atomic E-state index is 13.4. The molecule has 28 heavy (non-hydrogen) atoms. The zero-order valence-corrected chi connectivity index (χ0v) is 14.6. The molecule has 142 valence electrons. The number of ether oxygens (including phenoxy) is 1. The van der Waals surface area contributed by atoms with Crippen LogP contribution in [0.4, 0.5) is 13.2 Å². The highest BCUT2D eigenvalue weighted by Gasteiger charge is 2.52. The van der Waals surface area contributed by atoms with E-state index in [0.717, 1.165) is 11.8 Å². The standard InChI is InChI=1S/C20H16F3N4O/c21-20(22,23)18-17-12-25-9-10-27(17,24)19(26-18)15-7-4-8-16(11-15)28-13-14-5-2-1-3-6-14/h1-12H,13,24H2/q+1. The van der Waals surface area contributed by atoms with E-state index in [1.54, 1.807) is 24.3 Å². The second-order valence-corrected chi connectivity index (χ2v) is 6.32. The third-order valence-corrected chi connectivity index (χ3v) is 4.40. The van der Waals surface area contributed by atoms with E-state index < -0.39 is 16.5 Å². The average Bonchev–Trinajstić information content (AvgIpc) is 3.01. The van der Waals surface area contributed by atoms with Gasteiger partial charge in [-0.05, 0) is 23.8 Å². The number of fused-ring (bicyclic) bond motifs is 1. The van der Waals surface area contributed by atoms with Gasteiger partial charge in [0.2, 0.25) is 11.4 Å². The summed E-state index contributed by atoms with van der Waals surface area (Å²) in [5.41, 5.74) is 0.144. The molecule has 2 aliphatic rings. The van der Waals surface area contributed by atoms with E-state index in [1.165, 1.54) is 12.4 Å². The predicted octanol–water partition coefficient (Wildman–Crippen LogP) is 4.05. The highest BCUT2D eigenvalue weighted by molar-refractivity contribution is 6.00. The van der Waals surface area contributed by atoms with Gasteiger partial charge in [0.15, 0.2) is 0 Å². The topological polar surface area (TPSA) is 60.0 Å². The molecule has 1 unspecified atom stereocenters. The lowest BCUT2D eigenvalue weighted by Gasteiger charge is -2.26. The van der Waals surface area contributed by atoms with Crippen LogP contribution in [0.3, 0.4) is 0 Å². The number of hydrogen-bond acceptors (Lipinski definition) is 4. The van der Waals surface area contributed by atoms with E-state index in [9.17, 15) is 13.2 Å². The lowest BCUT2D eigenvalue weighted by Crippen LogP contribution is -2.53. The first-order chi connectivity index (χ1) is 13.4. The maximum atomic E-state index is 13.4. The fourth-order valence-electron chi connectivity index (χ4n) is 3.05. The number of quaternary nitrogens is 1. The Balaban J connectivity index is 1.66. The minimum absolute atomic E-state index is 0.0508. The molecule has 0 bridgehead atoms. The number of hydrogen-bond donors (Lipinski definition) is 1. The second-order valence-electron chi connectivity index (χ2n) is 6.32. The molecule has 2 heterocycles. The van der Waals surface area contributed by atoms with Crippen LogP contribution in [0, 0.1) is 0 Å². The molecular weight excluding hydrogens is 369 g/mol. The number of halogens is 3. The first kappa shape index (κ1) is 18.1. The molecular formula is C20H16F3N4O+. The maximum Gasteiger partial charge on any atom is 0.439 e. The van der Waals surface area contributed by atoms with Gasteiger partial charge in [0.05, 0.1) is 18.0 Å². The van der Waals surface area contributed by atoms with Gasteiger partial charge in [-0.1, -0.05) is 36.4 Å². The molecule has 0 saturated carbocycles. The number of alkyl halides is 3. The monoisotopic (exact) mass is 385 g/mol. The van der Waals surface area contributed by atoms with Crippen LogP contribution in [0.15, 0.2) is 88.4 Å². The molecule has 0 aliphatic carbocycles. The normalized spacial score (nSPS) is 20.9. The second kappa shape index (κ2) is 6.74. The molecule has 2 N–H and O–H groups in total. The number of nitrogens with zero attached hydrogens (tertiary/aromatic N) is 3. The van der Waals surface area contributed by atoms with Crippen molar-refractivity contribution in [2.45, 2.75) is 12.8 Å². The van der Waals surface area contributed by atoms with Crippen LogP contribution in [0.2, 0.25) is 0 Å². The molecule has 0 saturated heterocycles. The summed E-state index contributed by atoms with van der Waals surface area (Å²) >= 11 is 0. The Bertz CT molecular complexity index is 1030. The van der Waals surface area contributed by atoms with Gasteiger partial charge in [0, 0.05) is 0 Å². The summed E-state index contributed by atoms with van der Waals surface area (Å²) in [7, 11) is 0. The zero-order chi connectivity index (χ0) is 19.8. The predicted molar refractivity (Wildman–Crippen MR) is 98.9 cm³/mol. The van der Waals surface area contributed by atoms with Gasteiger partial charge in [0.1, 0.15) is 18.6 Å². The molecule has 8 heteroatoms. The highest BCUT2D eigenvalue weighted by Crippen LogP contribution is 2.39. The molecule has 0 fully saturated rings. The van der Waals surface area contributed by atoms with Crippen molar-refractivity contribution >= 4 is 12.1 Å². The van der Waals surface area contributed by atoms with Crippen LogP contribution in [0.1, 0.15) is 11.1 Å². The van der Waals surface area contributed by atoms with Crippen molar-refractivity contribution < 1.29 is 22.5 Å². The van der Waals surface area contributed by atoms with Gasteiger partial charge in [-0.2, -0.15) is 24.0 Å². The van der Waals surface area contributed by atoms with E-state index in [2.05, 4.69) is 9.98 Å². The summed E-state index contributed by atoms with van der Waals surface area (Å²) in [4.78, 5) is 7.61. The van der Waals surface area contributed by atoms with Crippen molar-refractivity contribution in [3.63, 3.8) is 0 Å². The Kier molecular flexibility index (Phi) is 4.37. The van der Waals surface area contributed by atoms with Gasteiger partial charge in [-0.25, -0.2) is 0 Å².